The van der Waals surface area contributed by atoms with Crippen LogP contribution in [-0.2, 0) is 4.57 Å². The van der Waals surface area contributed by atoms with Gasteiger partial charge in [0, 0.05) is 17.6 Å². The van der Waals surface area contributed by atoms with Crippen LogP contribution in [0.15, 0.2) is 18.2 Å². The maximum Gasteiger partial charge on any atom is 0.192 e. The molecule has 3 nitrogen and oxygen atoms in total. The number of alkyl halides is 1. The molecule has 0 aliphatic heterocycles. The molecule has 0 saturated heterocycles. The molecule has 0 amide bonds. The Bertz CT molecular complexity index is 365. The average molecular weight is 231 g/mol. The third-order valence-corrected chi connectivity index (χ3v) is 2.39. The molecule has 1 rings (SSSR count). The van der Waals surface area contributed by atoms with Gasteiger partial charge < -0.3 is 5.11 Å². The molecule has 14 heavy (non-hydrogen) atoms. The molecule has 0 heterocycles. The van der Waals surface area contributed by atoms with Gasteiger partial charge in [-0.25, -0.2) is 0 Å². The van der Waals surface area contributed by atoms with E-state index in [0.29, 0.717) is 5.30 Å². The van der Waals surface area contributed by atoms with E-state index in [1.54, 1.807) is 0 Å². The summed E-state index contributed by atoms with van der Waals surface area (Å²) >= 11 is 5.40. The van der Waals surface area contributed by atoms with E-state index in [1.165, 1.54) is 18.2 Å². The second-order valence-electron chi connectivity index (χ2n) is 2.65. The van der Waals surface area contributed by atoms with Crippen molar-refractivity contribution in [1.82, 2.24) is 0 Å². The number of phenolic OH excluding ortho intramolecular Hbond substituents is 1. The highest BCUT2D eigenvalue weighted by Gasteiger charge is 2.10. The largest absolute Gasteiger partial charge is 0.507 e. The highest BCUT2D eigenvalue weighted by molar-refractivity contribution is 7.34. The second kappa shape index (κ2) is 5.08. The summed E-state index contributed by atoms with van der Waals surface area (Å²) in [6, 6.07) is 4.27. The minimum absolute atomic E-state index is 0.152. The lowest BCUT2D eigenvalue weighted by Gasteiger charge is -2.01. The van der Waals surface area contributed by atoms with Gasteiger partial charge in [0.15, 0.2) is 14.2 Å². The zero-order chi connectivity index (χ0) is 10.6. The average Bonchev–Trinajstić information content (AvgIpc) is 2.17. The van der Waals surface area contributed by atoms with Gasteiger partial charge in [0.25, 0.3) is 0 Å². The summed E-state index contributed by atoms with van der Waals surface area (Å²) in [5, 5.41) is 9.85. The maximum atomic E-state index is 11.3. The molecule has 0 atom stereocenters. The highest BCUT2D eigenvalue weighted by atomic mass is 35.5. The van der Waals surface area contributed by atoms with Gasteiger partial charge in [-0.05, 0) is 18.2 Å². The zero-order valence-electron chi connectivity index (χ0n) is 7.24. The van der Waals surface area contributed by atoms with Crippen LogP contribution in [0.2, 0.25) is 0 Å². The number of halogens is 1. The van der Waals surface area contributed by atoms with Crippen LogP contribution in [0, 0.1) is 0 Å². The summed E-state index contributed by atoms with van der Waals surface area (Å²) in [6.45, 7) is 0. The topological polar surface area (TPSA) is 54.4 Å². The second-order valence-corrected chi connectivity index (χ2v) is 3.73. The van der Waals surface area contributed by atoms with Gasteiger partial charge in [0.05, 0.1) is 5.56 Å². The van der Waals surface area contributed by atoms with E-state index >= 15 is 0 Å². The van der Waals surface area contributed by atoms with Crippen molar-refractivity contribution < 1.29 is 14.5 Å². The molecule has 74 valence electrons. The lowest BCUT2D eigenvalue weighted by atomic mass is 10.1. The fourth-order valence-electron chi connectivity index (χ4n) is 1.03. The Kier molecular flexibility index (Phi) is 4.05. The molecule has 0 spiro atoms. The normalized spacial score (nSPS) is 10.4. The van der Waals surface area contributed by atoms with Crippen molar-refractivity contribution in [2.45, 2.75) is 6.42 Å². The molecule has 0 aliphatic rings. The number of hydrogen-bond acceptors (Lipinski definition) is 3. The van der Waals surface area contributed by atoms with E-state index in [2.05, 4.69) is 0 Å². The summed E-state index contributed by atoms with van der Waals surface area (Å²) in [7, 11) is -0.180. The number of benzene rings is 1. The van der Waals surface area contributed by atoms with E-state index < -0.39 is 0 Å². The van der Waals surface area contributed by atoms with Gasteiger partial charge in [0.2, 0.25) is 0 Å². The molecular formula is C9H8ClO3P. The number of rotatable bonds is 4. The van der Waals surface area contributed by atoms with Gasteiger partial charge in [0.1, 0.15) is 5.75 Å². The minimum atomic E-state index is -0.216. The highest BCUT2D eigenvalue weighted by Crippen LogP contribution is 2.18. The quantitative estimate of drug-likeness (QED) is 0.490. The van der Waals surface area contributed by atoms with Crippen LogP contribution in [0.3, 0.4) is 0 Å². The molecular weight excluding hydrogens is 223 g/mol. The predicted octanol–water partition coefficient (Wildman–Crippen LogP) is 2.12. The predicted molar refractivity (Wildman–Crippen MR) is 55.0 cm³/mol. The van der Waals surface area contributed by atoms with Crippen molar-refractivity contribution in [3.63, 3.8) is 0 Å². The monoisotopic (exact) mass is 230 g/mol. The number of phenols is 1. The summed E-state index contributed by atoms with van der Waals surface area (Å²) in [5.41, 5.74) is 0.220. The summed E-state index contributed by atoms with van der Waals surface area (Å²) in [5.74, 6) is -0.146. The number of hydrogen-bond donors (Lipinski definition) is 1. The first-order valence-corrected chi connectivity index (χ1v) is 5.29. The zero-order valence-corrected chi connectivity index (χ0v) is 8.89. The molecule has 0 unspecified atom stereocenters. The Morgan fingerprint density at radius 3 is 2.71 bits per heavy atom. The van der Waals surface area contributed by atoms with Crippen molar-refractivity contribution in [3.8, 4) is 5.75 Å². The molecule has 5 heteroatoms. The van der Waals surface area contributed by atoms with Crippen molar-refractivity contribution in [3.05, 3.63) is 23.8 Å². The lowest BCUT2D eigenvalue weighted by molar-refractivity contribution is 0.0986. The fourth-order valence-corrected chi connectivity index (χ4v) is 1.52. The number of carbonyl (C=O) groups excluding carboxylic acids is 1. The molecule has 0 aromatic heterocycles. The third-order valence-electron chi connectivity index (χ3n) is 1.71. The Balaban J connectivity index is 2.99. The van der Waals surface area contributed by atoms with Gasteiger partial charge >= 0.3 is 0 Å². The van der Waals surface area contributed by atoms with Gasteiger partial charge in [-0.3, -0.25) is 9.36 Å². The molecule has 0 bridgehead atoms. The molecule has 1 N–H and O–H groups in total. The van der Waals surface area contributed by atoms with Crippen molar-refractivity contribution in [2.75, 3.05) is 5.88 Å². The molecule has 0 fully saturated rings. The van der Waals surface area contributed by atoms with E-state index in [-0.39, 0.29) is 37.9 Å². The van der Waals surface area contributed by atoms with Crippen LogP contribution in [-0.4, -0.2) is 16.8 Å². The van der Waals surface area contributed by atoms with Crippen molar-refractivity contribution >= 4 is 31.1 Å². The summed E-state index contributed by atoms with van der Waals surface area (Å²) in [6.07, 6.45) is 0.184. The van der Waals surface area contributed by atoms with Crippen LogP contribution in [0.4, 0.5) is 0 Å². The Hall–Kier alpha value is -0.920. The SMILES string of the molecule is O=Pc1ccc(C(=O)CCCl)c(O)c1. The van der Waals surface area contributed by atoms with E-state index in [9.17, 15) is 14.5 Å². The number of Topliss-reactive ketones (excluding diaryl/α,β-unsaturated/α-hetero) is 1. The first-order chi connectivity index (χ1) is 6.69. The number of aromatic hydroxyl groups is 1. The van der Waals surface area contributed by atoms with Gasteiger partial charge in [-0.1, -0.05) is 0 Å². The molecule has 1 aromatic carbocycles. The third kappa shape index (κ3) is 2.53. The lowest BCUT2D eigenvalue weighted by Crippen LogP contribution is -2.02. The van der Waals surface area contributed by atoms with Crippen LogP contribution in [0.1, 0.15) is 16.8 Å². The number of ketones is 1. The Morgan fingerprint density at radius 1 is 1.50 bits per heavy atom. The number of carbonyl (C=O) groups is 1. The smallest absolute Gasteiger partial charge is 0.192 e. The van der Waals surface area contributed by atoms with E-state index in [4.69, 9.17) is 11.6 Å². The maximum absolute atomic E-state index is 11.3. The van der Waals surface area contributed by atoms with Crippen molar-refractivity contribution in [2.24, 2.45) is 0 Å². The summed E-state index contributed by atoms with van der Waals surface area (Å²) in [4.78, 5) is 11.3. The van der Waals surface area contributed by atoms with Crippen molar-refractivity contribution in [1.29, 1.82) is 0 Å². The minimum Gasteiger partial charge on any atom is -0.507 e. The van der Waals surface area contributed by atoms with Gasteiger partial charge in [-0.2, -0.15) is 0 Å². The Labute approximate surface area is 87.9 Å². The van der Waals surface area contributed by atoms with Gasteiger partial charge in [-0.15, -0.1) is 11.6 Å². The first kappa shape index (κ1) is 11.2. The fraction of sp³-hybridized carbons (Fsp3) is 0.222. The molecule has 0 radical (unpaired) electrons. The van der Waals surface area contributed by atoms with E-state index in [1.807, 2.05) is 0 Å². The summed E-state index contributed by atoms with van der Waals surface area (Å²) < 4.78 is 10.4. The molecule has 0 aliphatic carbocycles. The molecule has 1 aromatic rings. The molecule has 0 saturated carbocycles. The van der Waals surface area contributed by atoms with E-state index in [0.717, 1.165) is 0 Å². The van der Waals surface area contributed by atoms with Crippen LogP contribution >= 0.6 is 20.1 Å². The van der Waals surface area contributed by atoms with Crippen LogP contribution < -0.4 is 5.30 Å². The van der Waals surface area contributed by atoms with Crippen LogP contribution in [0.25, 0.3) is 0 Å². The standard InChI is InChI=1S/C9H8ClO3P/c10-4-3-8(11)7-2-1-6(14-13)5-9(7)12/h1-2,5,12H,3-4H2. The Morgan fingerprint density at radius 2 is 2.21 bits per heavy atom. The first-order valence-electron chi connectivity index (χ1n) is 3.94. The van der Waals surface area contributed by atoms with Crippen LogP contribution in [0.5, 0.6) is 5.75 Å².